The molecule has 0 bridgehead atoms. The number of carboxylic acids is 1. The summed E-state index contributed by atoms with van der Waals surface area (Å²) in [5.41, 5.74) is 1.96. The number of aryl methyl sites for hydroxylation is 1. The summed E-state index contributed by atoms with van der Waals surface area (Å²) in [4.78, 5) is 19.4. The molecule has 0 aliphatic rings. The first-order valence-electron chi connectivity index (χ1n) is 6.97. The Hall–Kier alpha value is -2.96. The topological polar surface area (TPSA) is 92.4 Å². The summed E-state index contributed by atoms with van der Waals surface area (Å²) in [6.45, 7) is 2.09. The van der Waals surface area contributed by atoms with Crippen molar-refractivity contribution in [2.24, 2.45) is 0 Å². The quantitative estimate of drug-likeness (QED) is 0.751. The van der Waals surface area contributed by atoms with Gasteiger partial charge in [-0.2, -0.15) is 14.6 Å². The van der Waals surface area contributed by atoms with Crippen LogP contribution in [0.5, 0.6) is 0 Å². The van der Waals surface area contributed by atoms with E-state index >= 15 is 0 Å². The molecule has 0 saturated carbocycles. The molecule has 2 heterocycles. The third-order valence-corrected chi connectivity index (χ3v) is 3.22. The molecule has 0 amide bonds. The van der Waals surface area contributed by atoms with Gasteiger partial charge >= 0.3 is 5.97 Å². The maximum atomic E-state index is 10.9. The van der Waals surface area contributed by atoms with E-state index in [1.807, 2.05) is 6.07 Å². The van der Waals surface area contributed by atoms with Crippen LogP contribution in [0.1, 0.15) is 29.4 Å². The van der Waals surface area contributed by atoms with Crippen LogP contribution in [0.15, 0.2) is 36.7 Å². The van der Waals surface area contributed by atoms with Crippen LogP contribution >= 0.6 is 0 Å². The molecule has 0 radical (unpaired) electrons. The van der Waals surface area contributed by atoms with Gasteiger partial charge in [-0.3, -0.25) is 0 Å². The number of hydrogen-bond donors (Lipinski definition) is 2. The van der Waals surface area contributed by atoms with E-state index in [2.05, 4.69) is 27.3 Å². The molecular weight excluding hydrogens is 282 g/mol. The number of carboxylic acid groups (broad SMARTS) is 1. The van der Waals surface area contributed by atoms with Gasteiger partial charge in [-0.25, -0.2) is 9.78 Å². The Balaban J connectivity index is 1.95. The smallest absolute Gasteiger partial charge is 0.335 e. The Bertz CT molecular complexity index is 810. The fourth-order valence-electron chi connectivity index (χ4n) is 2.18. The number of hydrogen-bond acceptors (Lipinski definition) is 5. The fourth-order valence-corrected chi connectivity index (χ4v) is 2.18. The molecule has 7 heteroatoms. The molecule has 0 atom stereocenters. The Labute approximate surface area is 126 Å². The average molecular weight is 297 g/mol. The number of anilines is 2. The zero-order valence-corrected chi connectivity index (χ0v) is 12.0. The summed E-state index contributed by atoms with van der Waals surface area (Å²) in [6, 6.07) is 8.46. The van der Waals surface area contributed by atoms with Crippen LogP contribution in [0, 0.1) is 0 Å². The van der Waals surface area contributed by atoms with Gasteiger partial charge in [-0.1, -0.05) is 13.3 Å². The van der Waals surface area contributed by atoms with Crippen LogP contribution in [-0.4, -0.2) is 30.7 Å². The van der Waals surface area contributed by atoms with Gasteiger partial charge < -0.3 is 10.4 Å². The second-order valence-corrected chi connectivity index (χ2v) is 4.86. The maximum absolute atomic E-state index is 10.9. The van der Waals surface area contributed by atoms with E-state index in [4.69, 9.17) is 5.11 Å². The molecule has 2 N–H and O–H groups in total. The number of carbonyl (C=O) groups is 1. The number of fused-ring (bicyclic) bond motifs is 1. The van der Waals surface area contributed by atoms with Gasteiger partial charge in [0.25, 0.3) is 5.78 Å². The van der Waals surface area contributed by atoms with E-state index in [0.717, 1.165) is 30.0 Å². The van der Waals surface area contributed by atoms with Crippen molar-refractivity contribution < 1.29 is 9.90 Å². The van der Waals surface area contributed by atoms with E-state index in [1.165, 1.54) is 6.33 Å². The SMILES string of the molecule is CCCc1cc(Nc2ccc(C(=O)O)cc2)n2ncnc2n1. The normalized spacial score (nSPS) is 10.8. The minimum atomic E-state index is -0.945. The Morgan fingerprint density at radius 3 is 2.77 bits per heavy atom. The van der Waals surface area contributed by atoms with Gasteiger partial charge in [-0.05, 0) is 30.7 Å². The zero-order chi connectivity index (χ0) is 15.5. The van der Waals surface area contributed by atoms with E-state index in [0.29, 0.717) is 5.78 Å². The van der Waals surface area contributed by atoms with E-state index in [9.17, 15) is 4.79 Å². The second-order valence-electron chi connectivity index (χ2n) is 4.86. The molecule has 112 valence electrons. The van der Waals surface area contributed by atoms with Crippen LogP contribution in [0.25, 0.3) is 5.78 Å². The van der Waals surface area contributed by atoms with Crippen molar-refractivity contribution in [2.75, 3.05) is 5.32 Å². The first-order chi connectivity index (χ1) is 10.7. The highest BCUT2D eigenvalue weighted by atomic mass is 16.4. The van der Waals surface area contributed by atoms with Gasteiger partial charge in [0.15, 0.2) is 0 Å². The number of rotatable bonds is 5. The van der Waals surface area contributed by atoms with E-state index in [-0.39, 0.29) is 5.56 Å². The molecule has 3 rings (SSSR count). The highest BCUT2D eigenvalue weighted by molar-refractivity contribution is 5.88. The first kappa shape index (κ1) is 14.0. The van der Waals surface area contributed by atoms with Crippen LogP contribution in [0.4, 0.5) is 11.5 Å². The summed E-state index contributed by atoms with van der Waals surface area (Å²) >= 11 is 0. The lowest BCUT2D eigenvalue weighted by Crippen LogP contribution is -2.04. The summed E-state index contributed by atoms with van der Waals surface area (Å²) < 4.78 is 1.62. The number of aromatic carboxylic acids is 1. The van der Waals surface area contributed by atoms with Crippen molar-refractivity contribution in [2.45, 2.75) is 19.8 Å². The standard InChI is InChI=1S/C15H15N5O2/c1-2-3-12-8-13(20-15(19-12)16-9-17-20)18-11-6-4-10(5-7-11)14(21)22/h4-9,18H,2-3H2,1H3,(H,21,22). The number of nitrogens with one attached hydrogen (secondary N) is 1. The van der Waals surface area contributed by atoms with Crippen molar-refractivity contribution in [1.82, 2.24) is 19.6 Å². The van der Waals surface area contributed by atoms with Crippen LogP contribution < -0.4 is 5.32 Å². The minimum Gasteiger partial charge on any atom is -0.478 e. The van der Waals surface area contributed by atoms with Gasteiger partial charge in [0.05, 0.1) is 5.56 Å². The van der Waals surface area contributed by atoms with Gasteiger partial charge in [0.1, 0.15) is 12.1 Å². The van der Waals surface area contributed by atoms with Crippen molar-refractivity contribution in [1.29, 1.82) is 0 Å². The first-order valence-corrected chi connectivity index (χ1v) is 6.97. The zero-order valence-electron chi connectivity index (χ0n) is 12.0. The summed E-state index contributed by atoms with van der Waals surface area (Å²) in [5, 5.41) is 16.3. The number of aromatic nitrogens is 4. The average Bonchev–Trinajstić information content (AvgIpc) is 2.97. The Kier molecular flexibility index (Phi) is 3.69. The summed E-state index contributed by atoms with van der Waals surface area (Å²) in [5.74, 6) is 0.337. The highest BCUT2D eigenvalue weighted by Crippen LogP contribution is 2.19. The molecule has 22 heavy (non-hydrogen) atoms. The molecule has 0 aliphatic carbocycles. The lowest BCUT2D eigenvalue weighted by molar-refractivity contribution is 0.0697. The molecule has 0 fully saturated rings. The van der Waals surface area contributed by atoms with Crippen LogP contribution in [-0.2, 0) is 6.42 Å². The molecule has 7 nitrogen and oxygen atoms in total. The van der Waals surface area contributed by atoms with Crippen molar-refractivity contribution >= 4 is 23.3 Å². The van der Waals surface area contributed by atoms with E-state index in [1.54, 1.807) is 28.8 Å². The third kappa shape index (κ3) is 2.73. The van der Waals surface area contributed by atoms with Crippen molar-refractivity contribution in [3.05, 3.63) is 47.9 Å². The van der Waals surface area contributed by atoms with E-state index < -0.39 is 5.97 Å². The third-order valence-electron chi connectivity index (χ3n) is 3.22. The molecule has 0 spiro atoms. The second kappa shape index (κ2) is 5.80. The Morgan fingerprint density at radius 2 is 2.09 bits per heavy atom. The lowest BCUT2D eigenvalue weighted by atomic mass is 10.2. The number of nitrogens with zero attached hydrogens (tertiary/aromatic N) is 4. The largest absolute Gasteiger partial charge is 0.478 e. The molecular formula is C15H15N5O2. The van der Waals surface area contributed by atoms with Crippen molar-refractivity contribution in [3.63, 3.8) is 0 Å². The monoisotopic (exact) mass is 297 g/mol. The highest BCUT2D eigenvalue weighted by Gasteiger charge is 2.08. The predicted molar refractivity (Wildman–Crippen MR) is 81.5 cm³/mol. The summed E-state index contributed by atoms with van der Waals surface area (Å²) in [7, 11) is 0. The molecule has 0 unspecified atom stereocenters. The van der Waals surface area contributed by atoms with Gasteiger partial charge in [0.2, 0.25) is 0 Å². The molecule has 0 aliphatic heterocycles. The van der Waals surface area contributed by atoms with Crippen LogP contribution in [0.3, 0.4) is 0 Å². The predicted octanol–water partition coefficient (Wildman–Crippen LogP) is 2.52. The molecule has 3 aromatic rings. The van der Waals surface area contributed by atoms with Crippen molar-refractivity contribution in [3.8, 4) is 0 Å². The molecule has 1 aromatic carbocycles. The minimum absolute atomic E-state index is 0.248. The van der Waals surface area contributed by atoms with Crippen LogP contribution in [0.2, 0.25) is 0 Å². The fraction of sp³-hybridized carbons (Fsp3) is 0.200. The molecule has 0 saturated heterocycles. The van der Waals surface area contributed by atoms with Gasteiger partial charge in [-0.15, -0.1) is 0 Å². The number of benzene rings is 1. The lowest BCUT2D eigenvalue weighted by Gasteiger charge is -2.09. The molecule has 2 aromatic heterocycles. The maximum Gasteiger partial charge on any atom is 0.335 e. The summed E-state index contributed by atoms with van der Waals surface area (Å²) in [6.07, 6.45) is 3.30. The van der Waals surface area contributed by atoms with Gasteiger partial charge in [0, 0.05) is 17.4 Å². The Morgan fingerprint density at radius 1 is 1.32 bits per heavy atom.